The molecule has 3 rings (SSSR count). The standard InChI is InChI=1S/C18H18FN3O2/c19-14-6-8-16(9-7-14)22-12-15(10-17(22)23)21-18(24)20-11-13-4-2-1-3-5-13/h1-9,15H,10-12H2,(H2,20,21,24). The van der Waals surface area contributed by atoms with Gasteiger partial charge in [0.1, 0.15) is 5.82 Å². The molecule has 5 nitrogen and oxygen atoms in total. The molecular formula is C18H18FN3O2. The summed E-state index contributed by atoms with van der Waals surface area (Å²) in [5.41, 5.74) is 1.64. The first-order valence-electron chi connectivity index (χ1n) is 7.76. The summed E-state index contributed by atoms with van der Waals surface area (Å²) < 4.78 is 13.0. The topological polar surface area (TPSA) is 61.4 Å². The molecule has 124 valence electrons. The van der Waals surface area contributed by atoms with Crippen molar-refractivity contribution in [2.75, 3.05) is 11.4 Å². The van der Waals surface area contributed by atoms with Gasteiger partial charge in [0.05, 0.1) is 6.04 Å². The van der Waals surface area contributed by atoms with Gasteiger partial charge < -0.3 is 15.5 Å². The summed E-state index contributed by atoms with van der Waals surface area (Å²) >= 11 is 0. The van der Waals surface area contributed by atoms with Gasteiger partial charge in [-0.2, -0.15) is 0 Å². The van der Waals surface area contributed by atoms with Crippen LogP contribution in [-0.4, -0.2) is 24.5 Å². The summed E-state index contributed by atoms with van der Waals surface area (Å²) in [6, 6.07) is 14.8. The molecule has 2 N–H and O–H groups in total. The van der Waals surface area contributed by atoms with E-state index in [2.05, 4.69) is 10.6 Å². The number of halogens is 1. The molecule has 1 saturated heterocycles. The highest BCUT2D eigenvalue weighted by molar-refractivity contribution is 5.96. The van der Waals surface area contributed by atoms with Crippen LogP contribution in [-0.2, 0) is 11.3 Å². The monoisotopic (exact) mass is 327 g/mol. The van der Waals surface area contributed by atoms with Gasteiger partial charge in [0, 0.05) is 25.2 Å². The molecule has 1 fully saturated rings. The zero-order chi connectivity index (χ0) is 16.9. The number of anilines is 1. The van der Waals surface area contributed by atoms with E-state index in [1.54, 1.807) is 17.0 Å². The Labute approximate surface area is 139 Å². The summed E-state index contributed by atoms with van der Waals surface area (Å²) in [5.74, 6) is -0.435. The van der Waals surface area contributed by atoms with E-state index < -0.39 is 0 Å². The second-order valence-corrected chi connectivity index (χ2v) is 5.69. The number of urea groups is 1. The molecule has 0 saturated carbocycles. The van der Waals surface area contributed by atoms with Gasteiger partial charge in [-0.25, -0.2) is 9.18 Å². The van der Waals surface area contributed by atoms with E-state index in [0.29, 0.717) is 18.8 Å². The van der Waals surface area contributed by atoms with E-state index in [0.717, 1.165) is 5.56 Å². The van der Waals surface area contributed by atoms with Gasteiger partial charge in [-0.1, -0.05) is 30.3 Å². The number of hydrogen-bond acceptors (Lipinski definition) is 2. The third-order valence-corrected chi connectivity index (χ3v) is 3.89. The van der Waals surface area contributed by atoms with Crippen LogP contribution in [0.4, 0.5) is 14.9 Å². The predicted octanol–water partition coefficient (Wildman–Crippen LogP) is 2.43. The van der Waals surface area contributed by atoms with Gasteiger partial charge in [-0.3, -0.25) is 4.79 Å². The smallest absolute Gasteiger partial charge is 0.315 e. The zero-order valence-electron chi connectivity index (χ0n) is 13.0. The number of rotatable bonds is 4. The van der Waals surface area contributed by atoms with Crippen LogP contribution in [0.25, 0.3) is 0 Å². The van der Waals surface area contributed by atoms with Crippen molar-refractivity contribution in [1.29, 1.82) is 0 Å². The molecule has 0 aromatic heterocycles. The number of hydrogen-bond donors (Lipinski definition) is 2. The Bertz CT molecular complexity index is 719. The average molecular weight is 327 g/mol. The second kappa shape index (κ2) is 7.12. The van der Waals surface area contributed by atoms with Gasteiger partial charge in [-0.15, -0.1) is 0 Å². The first-order valence-corrected chi connectivity index (χ1v) is 7.76. The third kappa shape index (κ3) is 3.90. The molecule has 0 spiro atoms. The highest BCUT2D eigenvalue weighted by Gasteiger charge is 2.31. The van der Waals surface area contributed by atoms with Gasteiger partial charge in [-0.05, 0) is 29.8 Å². The number of carbonyl (C=O) groups is 2. The van der Waals surface area contributed by atoms with Crippen LogP contribution < -0.4 is 15.5 Å². The van der Waals surface area contributed by atoms with Gasteiger partial charge in [0.15, 0.2) is 0 Å². The van der Waals surface area contributed by atoms with E-state index in [1.807, 2.05) is 30.3 Å². The Balaban J connectivity index is 1.52. The largest absolute Gasteiger partial charge is 0.334 e. The lowest BCUT2D eigenvalue weighted by atomic mass is 10.2. The fourth-order valence-corrected chi connectivity index (χ4v) is 2.69. The van der Waals surface area contributed by atoms with Crippen molar-refractivity contribution in [2.45, 2.75) is 19.0 Å². The lowest BCUT2D eigenvalue weighted by molar-refractivity contribution is -0.117. The molecule has 1 unspecified atom stereocenters. The number of benzene rings is 2. The van der Waals surface area contributed by atoms with Crippen molar-refractivity contribution < 1.29 is 14.0 Å². The average Bonchev–Trinajstić information content (AvgIpc) is 2.95. The number of nitrogens with zero attached hydrogens (tertiary/aromatic N) is 1. The van der Waals surface area contributed by atoms with Crippen LogP contribution >= 0.6 is 0 Å². The van der Waals surface area contributed by atoms with Crippen LogP contribution in [0.5, 0.6) is 0 Å². The van der Waals surface area contributed by atoms with Crippen molar-refractivity contribution in [3.63, 3.8) is 0 Å². The van der Waals surface area contributed by atoms with Crippen LogP contribution in [0.1, 0.15) is 12.0 Å². The van der Waals surface area contributed by atoms with Crippen molar-refractivity contribution in [1.82, 2.24) is 10.6 Å². The van der Waals surface area contributed by atoms with E-state index >= 15 is 0 Å². The minimum Gasteiger partial charge on any atom is -0.334 e. The SMILES string of the molecule is O=C(NCc1ccccc1)NC1CC(=O)N(c2ccc(F)cc2)C1. The molecule has 1 aliphatic heterocycles. The summed E-state index contributed by atoms with van der Waals surface area (Å²) in [6.45, 7) is 0.804. The molecule has 24 heavy (non-hydrogen) atoms. The minimum atomic E-state index is -0.347. The van der Waals surface area contributed by atoms with Crippen molar-refractivity contribution >= 4 is 17.6 Å². The van der Waals surface area contributed by atoms with E-state index in [1.165, 1.54) is 12.1 Å². The molecule has 1 atom stereocenters. The lowest BCUT2D eigenvalue weighted by Crippen LogP contribution is -2.43. The maximum absolute atomic E-state index is 13.0. The molecule has 1 aliphatic rings. The van der Waals surface area contributed by atoms with Gasteiger partial charge in [0.2, 0.25) is 5.91 Å². The summed E-state index contributed by atoms with van der Waals surface area (Å²) in [7, 11) is 0. The predicted molar refractivity (Wildman–Crippen MR) is 89.0 cm³/mol. The van der Waals surface area contributed by atoms with Crippen LogP contribution in [0.2, 0.25) is 0 Å². The molecule has 6 heteroatoms. The Morgan fingerprint density at radius 3 is 2.54 bits per heavy atom. The minimum absolute atomic E-state index is 0.0880. The third-order valence-electron chi connectivity index (χ3n) is 3.89. The van der Waals surface area contributed by atoms with Crippen molar-refractivity contribution in [3.05, 3.63) is 66.0 Å². The molecular weight excluding hydrogens is 309 g/mol. The second-order valence-electron chi connectivity index (χ2n) is 5.69. The number of nitrogens with one attached hydrogen (secondary N) is 2. The zero-order valence-corrected chi connectivity index (χ0v) is 13.0. The number of carbonyl (C=O) groups excluding carboxylic acids is 2. The Hall–Kier alpha value is -2.89. The Morgan fingerprint density at radius 1 is 1.12 bits per heavy atom. The Kier molecular flexibility index (Phi) is 4.74. The highest BCUT2D eigenvalue weighted by Crippen LogP contribution is 2.21. The molecule has 0 bridgehead atoms. The maximum Gasteiger partial charge on any atom is 0.315 e. The fourth-order valence-electron chi connectivity index (χ4n) is 2.69. The molecule has 2 aromatic rings. The molecule has 3 amide bonds. The first-order chi connectivity index (χ1) is 11.6. The summed E-state index contributed by atoms with van der Waals surface area (Å²) in [5, 5.41) is 5.58. The molecule has 1 heterocycles. The van der Waals surface area contributed by atoms with Crippen LogP contribution in [0.3, 0.4) is 0 Å². The molecule has 2 aromatic carbocycles. The van der Waals surface area contributed by atoms with E-state index in [-0.39, 0.29) is 30.2 Å². The highest BCUT2D eigenvalue weighted by atomic mass is 19.1. The first kappa shape index (κ1) is 16.0. The molecule has 0 radical (unpaired) electrons. The number of amides is 3. The summed E-state index contributed by atoms with van der Waals surface area (Å²) in [4.78, 5) is 25.6. The van der Waals surface area contributed by atoms with Crippen molar-refractivity contribution in [3.8, 4) is 0 Å². The van der Waals surface area contributed by atoms with Gasteiger partial charge >= 0.3 is 6.03 Å². The quantitative estimate of drug-likeness (QED) is 0.906. The normalized spacial score (nSPS) is 17.0. The maximum atomic E-state index is 13.0. The lowest BCUT2D eigenvalue weighted by Gasteiger charge is -2.17. The summed E-state index contributed by atoms with van der Waals surface area (Å²) in [6.07, 6.45) is 0.232. The fraction of sp³-hybridized carbons (Fsp3) is 0.222. The van der Waals surface area contributed by atoms with E-state index in [9.17, 15) is 14.0 Å². The van der Waals surface area contributed by atoms with Crippen molar-refractivity contribution in [2.24, 2.45) is 0 Å². The molecule has 0 aliphatic carbocycles. The van der Waals surface area contributed by atoms with Gasteiger partial charge in [0.25, 0.3) is 0 Å². The van der Waals surface area contributed by atoms with Crippen LogP contribution in [0.15, 0.2) is 54.6 Å². The van der Waals surface area contributed by atoms with Crippen LogP contribution in [0, 0.1) is 5.82 Å². The van der Waals surface area contributed by atoms with E-state index in [4.69, 9.17) is 0 Å². The Morgan fingerprint density at radius 2 is 1.83 bits per heavy atom.